The SMILES string of the molecule is CCOC(=O)Oc1ccc(C(=O)Nc2cccc(NC(=O)/C=C(\C)C3CC3)c2)cc1. The Labute approximate surface area is 175 Å². The molecule has 0 saturated heterocycles. The maximum Gasteiger partial charge on any atom is 0.513 e. The van der Waals surface area contributed by atoms with Crippen molar-refractivity contribution in [3.63, 3.8) is 0 Å². The summed E-state index contributed by atoms with van der Waals surface area (Å²) in [4.78, 5) is 35.9. The first-order chi connectivity index (χ1) is 14.4. The minimum absolute atomic E-state index is 0.180. The molecular formula is C23H24N2O5. The van der Waals surface area contributed by atoms with Crippen LogP contribution in [0.2, 0.25) is 0 Å². The van der Waals surface area contributed by atoms with Crippen molar-refractivity contribution in [2.24, 2.45) is 5.92 Å². The zero-order valence-electron chi connectivity index (χ0n) is 16.9. The van der Waals surface area contributed by atoms with Crippen LogP contribution in [0.3, 0.4) is 0 Å². The molecule has 7 heteroatoms. The van der Waals surface area contributed by atoms with Crippen LogP contribution < -0.4 is 15.4 Å². The van der Waals surface area contributed by atoms with Crippen LogP contribution in [0.1, 0.15) is 37.0 Å². The Morgan fingerprint density at radius 1 is 1.03 bits per heavy atom. The molecule has 0 bridgehead atoms. The Balaban J connectivity index is 1.58. The van der Waals surface area contributed by atoms with Crippen molar-refractivity contribution in [3.8, 4) is 5.75 Å². The average molecular weight is 408 g/mol. The fourth-order valence-electron chi connectivity index (χ4n) is 2.84. The molecule has 2 amide bonds. The van der Waals surface area contributed by atoms with E-state index in [1.807, 2.05) is 6.92 Å². The van der Waals surface area contributed by atoms with E-state index in [4.69, 9.17) is 9.47 Å². The summed E-state index contributed by atoms with van der Waals surface area (Å²) in [5.41, 5.74) is 2.62. The van der Waals surface area contributed by atoms with E-state index in [2.05, 4.69) is 10.6 Å². The van der Waals surface area contributed by atoms with Gasteiger partial charge in [-0.2, -0.15) is 0 Å². The van der Waals surface area contributed by atoms with Crippen LogP contribution in [0.5, 0.6) is 5.75 Å². The van der Waals surface area contributed by atoms with E-state index in [9.17, 15) is 14.4 Å². The largest absolute Gasteiger partial charge is 0.513 e. The van der Waals surface area contributed by atoms with Crippen molar-refractivity contribution in [2.45, 2.75) is 26.7 Å². The summed E-state index contributed by atoms with van der Waals surface area (Å²) >= 11 is 0. The quantitative estimate of drug-likeness (QED) is 0.391. The van der Waals surface area contributed by atoms with Gasteiger partial charge in [-0.25, -0.2) is 4.79 Å². The Bertz CT molecular complexity index is 962. The van der Waals surface area contributed by atoms with Crippen LogP contribution in [0.15, 0.2) is 60.2 Å². The number of hydrogen-bond acceptors (Lipinski definition) is 5. The van der Waals surface area contributed by atoms with Gasteiger partial charge in [-0.15, -0.1) is 0 Å². The first-order valence-corrected chi connectivity index (χ1v) is 9.80. The Morgan fingerprint density at radius 3 is 2.33 bits per heavy atom. The van der Waals surface area contributed by atoms with E-state index >= 15 is 0 Å². The summed E-state index contributed by atoms with van der Waals surface area (Å²) in [6.45, 7) is 3.87. The fraction of sp³-hybridized carbons (Fsp3) is 0.261. The number of ether oxygens (including phenoxy) is 2. The van der Waals surface area contributed by atoms with E-state index in [0.29, 0.717) is 22.9 Å². The predicted molar refractivity (Wildman–Crippen MR) is 114 cm³/mol. The molecule has 0 unspecified atom stereocenters. The topological polar surface area (TPSA) is 93.7 Å². The number of anilines is 2. The van der Waals surface area contributed by atoms with E-state index in [1.165, 1.54) is 12.1 Å². The molecule has 3 rings (SSSR count). The second-order valence-electron chi connectivity index (χ2n) is 7.00. The van der Waals surface area contributed by atoms with E-state index in [1.54, 1.807) is 49.4 Å². The molecule has 0 spiro atoms. The molecule has 0 atom stereocenters. The number of benzene rings is 2. The second-order valence-corrected chi connectivity index (χ2v) is 7.00. The Hall–Kier alpha value is -3.61. The van der Waals surface area contributed by atoms with Crippen molar-refractivity contribution in [1.82, 2.24) is 0 Å². The Kier molecular flexibility index (Phi) is 6.85. The van der Waals surface area contributed by atoms with Gasteiger partial charge in [0.15, 0.2) is 0 Å². The van der Waals surface area contributed by atoms with Gasteiger partial charge in [-0.05, 0) is 75.1 Å². The molecule has 2 aromatic carbocycles. The van der Waals surface area contributed by atoms with Gasteiger partial charge < -0.3 is 20.1 Å². The van der Waals surface area contributed by atoms with E-state index < -0.39 is 6.16 Å². The molecule has 0 heterocycles. The van der Waals surface area contributed by atoms with E-state index in [-0.39, 0.29) is 24.2 Å². The molecule has 2 N–H and O–H groups in total. The van der Waals surface area contributed by atoms with Crippen LogP contribution in [-0.2, 0) is 9.53 Å². The zero-order chi connectivity index (χ0) is 21.5. The van der Waals surface area contributed by atoms with Crippen LogP contribution in [0.4, 0.5) is 16.2 Å². The minimum atomic E-state index is -0.796. The van der Waals surface area contributed by atoms with Crippen molar-refractivity contribution in [2.75, 3.05) is 17.2 Å². The third-order valence-electron chi connectivity index (χ3n) is 4.55. The summed E-state index contributed by atoms with van der Waals surface area (Å²) in [5, 5.41) is 5.60. The van der Waals surface area contributed by atoms with Crippen molar-refractivity contribution < 1.29 is 23.9 Å². The lowest BCUT2D eigenvalue weighted by molar-refractivity contribution is -0.112. The summed E-state index contributed by atoms with van der Waals surface area (Å²) in [6, 6.07) is 13.0. The van der Waals surface area contributed by atoms with Gasteiger partial charge in [-0.3, -0.25) is 9.59 Å². The van der Waals surface area contributed by atoms with Gasteiger partial charge in [-0.1, -0.05) is 11.6 Å². The van der Waals surface area contributed by atoms with Crippen LogP contribution >= 0.6 is 0 Å². The molecule has 156 valence electrons. The van der Waals surface area contributed by atoms with Crippen molar-refractivity contribution in [3.05, 3.63) is 65.7 Å². The molecular weight excluding hydrogens is 384 g/mol. The van der Waals surface area contributed by atoms with E-state index in [0.717, 1.165) is 18.4 Å². The first kappa shape index (κ1) is 21.1. The lowest BCUT2D eigenvalue weighted by atomic mass is 10.2. The maximum absolute atomic E-state index is 12.5. The molecule has 2 aromatic rings. The fourth-order valence-corrected chi connectivity index (χ4v) is 2.84. The van der Waals surface area contributed by atoms with Crippen LogP contribution in [0.25, 0.3) is 0 Å². The highest BCUT2D eigenvalue weighted by Crippen LogP contribution is 2.35. The molecule has 0 radical (unpaired) electrons. The lowest BCUT2D eigenvalue weighted by Gasteiger charge is -2.09. The summed E-state index contributed by atoms with van der Waals surface area (Å²) < 4.78 is 9.67. The highest BCUT2D eigenvalue weighted by atomic mass is 16.7. The summed E-state index contributed by atoms with van der Waals surface area (Å²) in [5.74, 6) is 0.311. The summed E-state index contributed by atoms with van der Waals surface area (Å²) in [6.07, 6.45) is 3.12. The standard InChI is InChI=1S/C23H24N2O5/c1-3-29-23(28)30-20-11-9-17(10-12-20)22(27)25-19-6-4-5-18(14-19)24-21(26)13-15(2)16-7-8-16/h4-6,9-14,16H,3,7-8H2,1-2H3,(H,24,26)(H,25,27)/b15-13+. The molecule has 0 aromatic heterocycles. The van der Waals surface area contributed by atoms with Crippen LogP contribution in [-0.4, -0.2) is 24.6 Å². The number of allylic oxidation sites excluding steroid dienone is 1. The van der Waals surface area contributed by atoms with Gasteiger partial charge >= 0.3 is 6.16 Å². The lowest BCUT2D eigenvalue weighted by Crippen LogP contribution is -2.13. The number of amides is 2. The molecule has 1 aliphatic rings. The minimum Gasteiger partial charge on any atom is -0.434 e. The average Bonchev–Trinajstić information content (AvgIpc) is 3.54. The van der Waals surface area contributed by atoms with Crippen molar-refractivity contribution in [1.29, 1.82) is 0 Å². The number of carbonyl (C=O) groups excluding carboxylic acids is 3. The molecule has 1 aliphatic carbocycles. The molecule has 1 fully saturated rings. The van der Waals surface area contributed by atoms with Gasteiger partial charge in [0.05, 0.1) is 6.61 Å². The van der Waals surface area contributed by atoms with Gasteiger partial charge in [0.2, 0.25) is 5.91 Å². The van der Waals surface area contributed by atoms with Gasteiger partial charge in [0.1, 0.15) is 5.75 Å². The monoisotopic (exact) mass is 408 g/mol. The van der Waals surface area contributed by atoms with Crippen LogP contribution in [0, 0.1) is 5.92 Å². The number of hydrogen-bond donors (Lipinski definition) is 2. The maximum atomic E-state index is 12.5. The second kappa shape index (κ2) is 9.73. The molecule has 1 saturated carbocycles. The summed E-state index contributed by atoms with van der Waals surface area (Å²) in [7, 11) is 0. The highest BCUT2D eigenvalue weighted by molar-refractivity contribution is 6.05. The van der Waals surface area contributed by atoms with Gasteiger partial charge in [0.25, 0.3) is 5.91 Å². The first-order valence-electron chi connectivity index (χ1n) is 9.80. The number of nitrogens with one attached hydrogen (secondary N) is 2. The number of rotatable bonds is 7. The normalized spacial score (nSPS) is 13.3. The van der Waals surface area contributed by atoms with Crippen molar-refractivity contribution >= 4 is 29.3 Å². The van der Waals surface area contributed by atoms with Gasteiger partial charge in [0, 0.05) is 23.0 Å². The molecule has 30 heavy (non-hydrogen) atoms. The Morgan fingerprint density at radius 2 is 1.70 bits per heavy atom. The third-order valence-corrected chi connectivity index (χ3v) is 4.55. The molecule has 7 nitrogen and oxygen atoms in total. The smallest absolute Gasteiger partial charge is 0.434 e. The molecule has 0 aliphatic heterocycles. The zero-order valence-corrected chi connectivity index (χ0v) is 16.9. The predicted octanol–water partition coefficient (Wildman–Crippen LogP) is 4.77. The number of carbonyl (C=O) groups is 3. The third kappa shape index (κ3) is 6.20. The highest BCUT2D eigenvalue weighted by Gasteiger charge is 2.23.